The van der Waals surface area contributed by atoms with Gasteiger partial charge in [-0.25, -0.2) is 4.79 Å². The minimum atomic E-state index is -6.16. The average Bonchev–Trinajstić information content (AvgIpc) is 1.93. The van der Waals surface area contributed by atoms with Gasteiger partial charge in [0.15, 0.2) is 0 Å². The summed E-state index contributed by atoms with van der Waals surface area (Å²) >= 11 is 4.56. The molecular formula is C5H3ClF6O3. The van der Waals surface area contributed by atoms with Crippen molar-refractivity contribution in [2.24, 2.45) is 0 Å². The third kappa shape index (κ3) is 2.28. The van der Waals surface area contributed by atoms with Crippen LogP contribution in [-0.2, 0) is 9.53 Å². The summed E-state index contributed by atoms with van der Waals surface area (Å²) in [4.78, 5) is 10.1. The van der Waals surface area contributed by atoms with Crippen molar-refractivity contribution in [2.75, 3.05) is 6.07 Å². The molecule has 0 radical (unpaired) electrons. The van der Waals surface area contributed by atoms with Crippen molar-refractivity contribution in [1.29, 1.82) is 0 Å². The Balaban J connectivity index is 5.61. The van der Waals surface area contributed by atoms with E-state index in [1.165, 1.54) is 0 Å². The van der Waals surface area contributed by atoms with Crippen LogP contribution in [0.3, 0.4) is 0 Å². The number of hydrogen-bond acceptors (Lipinski definition) is 2. The predicted octanol–water partition coefficient (Wildman–Crippen LogP) is 2.15. The summed E-state index contributed by atoms with van der Waals surface area (Å²) in [5, 5.41) is 8.00. The van der Waals surface area contributed by atoms with Gasteiger partial charge in [-0.2, -0.15) is 26.3 Å². The highest BCUT2D eigenvalue weighted by molar-refractivity contribution is 6.17. The third-order valence-corrected chi connectivity index (χ3v) is 1.48. The van der Waals surface area contributed by atoms with Crippen molar-refractivity contribution in [2.45, 2.75) is 18.0 Å². The summed E-state index contributed by atoms with van der Waals surface area (Å²) in [5.41, 5.74) is -5.29. The number of ether oxygens (including phenoxy) is 1. The molecule has 0 aromatic rings. The Morgan fingerprint density at radius 1 is 1.13 bits per heavy atom. The molecule has 0 saturated heterocycles. The van der Waals surface area contributed by atoms with E-state index in [2.05, 4.69) is 16.3 Å². The van der Waals surface area contributed by atoms with Crippen LogP contribution in [0.2, 0.25) is 0 Å². The quantitative estimate of drug-likeness (QED) is 0.625. The van der Waals surface area contributed by atoms with Gasteiger partial charge in [0.25, 0.3) is 0 Å². The largest absolute Gasteiger partial charge is 0.479 e. The Hall–Kier alpha value is -0.700. The van der Waals surface area contributed by atoms with Crippen molar-refractivity contribution < 1.29 is 41.0 Å². The summed E-state index contributed by atoms with van der Waals surface area (Å²) in [7, 11) is 0. The number of carbonyl (C=O) groups is 1. The molecule has 0 aromatic carbocycles. The number of carboxylic acid groups (broad SMARTS) is 1. The molecule has 0 bridgehead atoms. The lowest BCUT2D eigenvalue weighted by atomic mass is 10.0. The van der Waals surface area contributed by atoms with E-state index in [1.54, 1.807) is 0 Å². The van der Waals surface area contributed by atoms with Crippen LogP contribution in [0.25, 0.3) is 0 Å². The Bertz CT molecular complexity index is 232. The normalized spacial score (nSPS) is 14.1. The van der Waals surface area contributed by atoms with Crippen LogP contribution in [0.15, 0.2) is 0 Å². The van der Waals surface area contributed by atoms with E-state index in [0.717, 1.165) is 0 Å². The Morgan fingerprint density at radius 3 is 1.53 bits per heavy atom. The van der Waals surface area contributed by atoms with Gasteiger partial charge in [-0.15, -0.1) is 0 Å². The van der Waals surface area contributed by atoms with Crippen molar-refractivity contribution in [3.05, 3.63) is 0 Å². The monoisotopic (exact) mass is 260 g/mol. The lowest BCUT2D eigenvalue weighted by Gasteiger charge is -2.32. The highest BCUT2D eigenvalue weighted by Gasteiger charge is 2.78. The lowest BCUT2D eigenvalue weighted by molar-refractivity contribution is -0.364. The molecule has 0 rings (SSSR count). The van der Waals surface area contributed by atoms with Crippen LogP contribution in [0.4, 0.5) is 26.3 Å². The number of carboxylic acids is 1. The van der Waals surface area contributed by atoms with Crippen LogP contribution in [0, 0.1) is 0 Å². The standard InChI is InChI=1S/C5H3ClF6O3/c6-1-15-3(2(13)14,4(7,8)9)5(10,11)12/h1H2,(H,13,14). The number of halogens is 7. The lowest BCUT2D eigenvalue weighted by Crippen LogP contribution is -2.64. The summed E-state index contributed by atoms with van der Waals surface area (Å²) in [6.45, 7) is 0. The molecule has 10 heteroatoms. The Labute approximate surface area is 83.6 Å². The molecule has 90 valence electrons. The molecule has 0 aromatic heterocycles. The Morgan fingerprint density at radius 2 is 1.47 bits per heavy atom. The zero-order valence-electron chi connectivity index (χ0n) is 6.62. The van der Waals surface area contributed by atoms with Gasteiger partial charge < -0.3 is 9.84 Å². The van der Waals surface area contributed by atoms with Gasteiger partial charge in [0.1, 0.15) is 6.07 Å². The van der Waals surface area contributed by atoms with E-state index in [4.69, 9.17) is 5.11 Å². The smallest absolute Gasteiger partial charge is 0.437 e. The zero-order chi connectivity index (χ0) is 12.5. The first-order valence-corrected chi connectivity index (χ1v) is 3.61. The van der Waals surface area contributed by atoms with Gasteiger partial charge in [-0.3, -0.25) is 0 Å². The highest BCUT2D eigenvalue weighted by Crippen LogP contribution is 2.46. The van der Waals surface area contributed by atoms with Gasteiger partial charge in [0.05, 0.1) is 0 Å². The molecule has 0 unspecified atom stereocenters. The minimum Gasteiger partial charge on any atom is -0.479 e. The molecule has 0 aliphatic heterocycles. The maximum atomic E-state index is 12.0. The van der Waals surface area contributed by atoms with E-state index >= 15 is 0 Å². The maximum Gasteiger partial charge on any atom is 0.437 e. The minimum absolute atomic E-state index is 1.56. The van der Waals surface area contributed by atoms with Crippen molar-refractivity contribution >= 4 is 17.6 Å². The SMILES string of the molecule is O=C(O)C(OCCl)(C(F)(F)F)C(F)(F)F. The van der Waals surface area contributed by atoms with Crippen LogP contribution in [0.1, 0.15) is 0 Å². The van der Waals surface area contributed by atoms with Crippen LogP contribution >= 0.6 is 11.6 Å². The molecule has 0 aliphatic rings. The molecule has 0 amide bonds. The number of hydrogen-bond donors (Lipinski definition) is 1. The molecular weight excluding hydrogens is 257 g/mol. The summed E-state index contributed by atoms with van der Waals surface area (Å²) in [6.07, 6.45) is -12.3. The average molecular weight is 261 g/mol. The van der Waals surface area contributed by atoms with Crippen LogP contribution in [0.5, 0.6) is 0 Å². The first-order chi connectivity index (χ1) is 6.50. The first-order valence-electron chi connectivity index (χ1n) is 3.07. The molecule has 1 N–H and O–H groups in total. The fourth-order valence-corrected chi connectivity index (χ4v) is 0.874. The molecule has 0 spiro atoms. The second kappa shape index (κ2) is 4.05. The number of alkyl halides is 7. The molecule has 0 saturated carbocycles. The highest BCUT2D eigenvalue weighted by atomic mass is 35.5. The van der Waals surface area contributed by atoms with Crippen molar-refractivity contribution in [3.63, 3.8) is 0 Å². The van der Waals surface area contributed by atoms with E-state index in [9.17, 15) is 31.1 Å². The number of rotatable bonds is 3. The summed E-state index contributed by atoms with van der Waals surface area (Å²) in [5.74, 6) is -3.22. The molecule has 15 heavy (non-hydrogen) atoms. The van der Waals surface area contributed by atoms with E-state index in [0.29, 0.717) is 0 Å². The van der Waals surface area contributed by atoms with E-state index < -0.39 is 30.0 Å². The predicted molar refractivity (Wildman–Crippen MR) is 34.3 cm³/mol. The van der Waals surface area contributed by atoms with E-state index in [-0.39, 0.29) is 0 Å². The fraction of sp³-hybridized carbons (Fsp3) is 0.800. The first kappa shape index (κ1) is 14.3. The van der Waals surface area contributed by atoms with Crippen LogP contribution < -0.4 is 0 Å². The maximum absolute atomic E-state index is 12.0. The van der Waals surface area contributed by atoms with Gasteiger partial charge in [-0.1, -0.05) is 11.6 Å². The number of aliphatic carboxylic acids is 1. The third-order valence-electron chi connectivity index (χ3n) is 1.37. The summed E-state index contributed by atoms with van der Waals surface area (Å²) < 4.78 is 75.3. The van der Waals surface area contributed by atoms with E-state index in [1.807, 2.05) is 0 Å². The van der Waals surface area contributed by atoms with Crippen LogP contribution in [-0.4, -0.2) is 35.1 Å². The zero-order valence-corrected chi connectivity index (χ0v) is 7.37. The molecule has 0 heterocycles. The molecule has 0 atom stereocenters. The second-order valence-corrected chi connectivity index (χ2v) is 2.45. The Kier molecular flexibility index (Phi) is 3.86. The van der Waals surface area contributed by atoms with Gasteiger partial charge in [0, 0.05) is 0 Å². The van der Waals surface area contributed by atoms with Gasteiger partial charge in [-0.05, 0) is 0 Å². The van der Waals surface area contributed by atoms with Crippen molar-refractivity contribution in [1.82, 2.24) is 0 Å². The fourth-order valence-electron chi connectivity index (χ4n) is 0.710. The van der Waals surface area contributed by atoms with Gasteiger partial charge >= 0.3 is 23.9 Å². The second-order valence-electron chi connectivity index (χ2n) is 2.24. The van der Waals surface area contributed by atoms with Gasteiger partial charge in [0.2, 0.25) is 0 Å². The molecule has 0 fully saturated rings. The summed E-state index contributed by atoms with van der Waals surface area (Å²) in [6, 6.07) is -1.56. The topological polar surface area (TPSA) is 46.5 Å². The van der Waals surface area contributed by atoms with Crippen molar-refractivity contribution in [3.8, 4) is 0 Å². The molecule has 0 aliphatic carbocycles. The molecule has 3 nitrogen and oxygen atoms in total.